The summed E-state index contributed by atoms with van der Waals surface area (Å²) in [6.45, 7) is 1.97. The van der Waals surface area contributed by atoms with Crippen LogP contribution >= 0.6 is 11.6 Å². The van der Waals surface area contributed by atoms with Crippen molar-refractivity contribution in [2.24, 2.45) is 0 Å². The first-order valence-corrected chi connectivity index (χ1v) is 9.80. The summed E-state index contributed by atoms with van der Waals surface area (Å²) in [6.07, 6.45) is 1.18. The van der Waals surface area contributed by atoms with E-state index >= 15 is 0 Å². The first-order valence-electron chi connectivity index (χ1n) is 9.42. The number of benzene rings is 2. The molecule has 2 amide bonds. The standard InChI is InChI=1S/C22H25ClN2O3/c1-4-5-20(26)25-19(14-15-6-12-18(28-3)13-7-15)22(27)24(2)21(25)16-8-10-17(23)11-9-16/h6-13,19,21H,4-5,14H2,1-3H3. The van der Waals surface area contributed by atoms with Crippen LogP contribution in [0, 0.1) is 0 Å². The van der Waals surface area contributed by atoms with Crippen LogP contribution in [-0.4, -0.2) is 41.8 Å². The van der Waals surface area contributed by atoms with E-state index in [0.717, 1.165) is 23.3 Å². The van der Waals surface area contributed by atoms with Crippen LogP contribution in [0.15, 0.2) is 48.5 Å². The van der Waals surface area contributed by atoms with Gasteiger partial charge in [0.05, 0.1) is 7.11 Å². The number of ether oxygens (including phenoxy) is 1. The fraction of sp³-hybridized carbons (Fsp3) is 0.364. The molecule has 1 aliphatic heterocycles. The molecule has 1 heterocycles. The van der Waals surface area contributed by atoms with E-state index in [1.54, 1.807) is 36.1 Å². The third-order valence-electron chi connectivity index (χ3n) is 5.11. The van der Waals surface area contributed by atoms with Crippen molar-refractivity contribution in [3.8, 4) is 5.75 Å². The SMILES string of the molecule is CCCC(=O)N1C(Cc2ccc(OC)cc2)C(=O)N(C)C1c1ccc(Cl)cc1. The number of nitrogens with zero attached hydrogens (tertiary/aromatic N) is 2. The molecule has 148 valence electrons. The molecule has 2 aromatic carbocycles. The summed E-state index contributed by atoms with van der Waals surface area (Å²) in [7, 11) is 3.37. The molecule has 0 aromatic heterocycles. The number of carbonyl (C=O) groups excluding carboxylic acids is 2. The van der Waals surface area contributed by atoms with Gasteiger partial charge in [-0.25, -0.2) is 0 Å². The minimum absolute atomic E-state index is 0.0151. The van der Waals surface area contributed by atoms with Crippen molar-refractivity contribution >= 4 is 23.4 Å². The van der Waals surface area contributed by atoms with Gasteiger partial charge in [-0.05, 0) is 41.8 Å². The Balaban J connectivity index is 1.95. The second kappa shape index (κ2) is 8.65. The van der Waals surface area contributed by atoms with E-state index in [1.165, 1.54) is 0 Å². The van der Waals surface area contributed by atoms with Gasteiger partial charge in [-0.3, -0.25) is 9.59 Å². The molecular formula is C22H25ClN2O3. The van der Waals surface area contributed by atoms with E-state index in [4.69, 9.17) is 16.3 Å². The van der Waals surface area contributed by atoms with Crippen LogP contribution in [0.2, 0.25) is 5.02 Å². The second-order valence-electron chi connectivity index (χ2n) is 6.99. The first-order chi connectivity index (χ1) is 13.5. The lowest BCUT2D eigenvalue weighted by atomic mass is 10.0. The zero-order valence-electron chi connectivity index (χ0n) is 16.4. The molecule has 0 aliphatic carbocycles. The molecule has 0 bridgehead atoms. The minimum atomic E-state index is -0.530. The topological polar surface area (TPSA) is 49.9 Å². The van der Waals surface area contributed by atoms with Crippen LogP contribution in [-0.2, 0) is 16.0 Å². The zero-order chi connectivity index (χ0) is 20.3. The lowest BCUT2D eigenvalue weighted by Crippen LogP contribution is -2.40. The third kappa shape index (κ3) is 3.99. The summed E-state index contributed by atoms with van der Waals surface area (Å²) in [5.74, 6) is 0.690. The van der Waals surface area contributed by atoms with Gasteiger partial charge in [0.25, 0.3) is 0 Å². The lowest BCUT2D eigenvalue weighted by Gasteiger charge is -2.30. The van der Waals surface area contributed by atoms with Gasteiger partial charge >= 0.3 is 0 Å². The van der Waals surface area contributed by atoms with Crippen LogP contribution in [0.25, 0.3) is 0 Å². The molecule has 2 unspecified atom stereocenters. The van der Waals surface area contributed by atoms with Gasteiger partial charge in [0.1, 0.15) is 18.0 Å². The first kappa shape index (κ1) is 20.2. The average molecular weight is 401 g/mol. The normalized spacial score (nSPS) is 19.2. The largest absolute Gasteiger partial charge is 0.497 e. The summed E-state index contributed by atoms with van der Waals surface area (Å²) in [6, 6.07) is 14.4. The molecule has 28 heavy (non-hydrogen) atoms. The molecule has 0 saturated carbocycles. The van der Waals surface area contributed by atoms with Crippen LogP contribution in [0.5, 0.6) is 5.75 Å². The van der Waals surface area contributed by atoms with Crippen LogP contribution in [0.4, 0.5) is 0 Å². The summed E-state index contributed by atoms with van der Waals surface area (Å²) < 4.78 is 5.20. The highest BCUT2D eigenvalue weighted by Gasteiger charge is 2.46. The summed E-state index contributed by atoms with van der Waals surface area (Å²) in [5.41, 5.74) is 1.86. The van der Waals surface area contributed by atoms with E-state index in [0.29, 0.717) is 17.9 Å². The van der Waals surface area contributed by atoms with Crippen molar-refractivity contribution in [1.29, 1.82) is 0 Å². The lowest BCUT2D eigenvalue weighted by molar-refractivity contribution is -0.136. The number of carbonyl (C=O) groups is 2. The fourth-order valence-corrected chi connectivity index (χ4v) is 3.80. The molecule has 6 heteroatoms. The van der Waals surface area contributed by atoms with Gasteiger partial charge in [-0.15, -0.1) is 0 Å². The van der Waals surface area contributed by atoms with Gasteiger partial charge < -0.3 is 14.5 Å². The maximum absolute atomic E-state index is 13.1. The molecule has 1 aliphatic rings. The Kier molecular flexibility index (Phi) is 6.25. The van der Waals surface area contributed by atoms with Gasteiger partial charge in [0, 0.05) is 24.9 Å². The predicted octanol–water partition coefficient (Wildman–Crippen LogP) is 4.06. The monoisotopic (exact) mass is 400 g/mol. The fourth-order valence-electron chi connectivity index (χ4n) is 3.67. The Bertz CT molecular complexity index is 836. The molecule has 2 aromatic rings. The molecule has 1 fully saturated rings. The van der Waals surface area contributed by atoms with Crippen molar-refractivity contribution in [3.63, 3.8) is 0 Å². The molecule has 0 N–H and O–H groups in total. The van der Waals surface area contributed by atoms with Gasteiger partial charge in [0.15, 0.2) is 0 Å². The highest BCUT2D eigenvalue weighted by molar-refractivity contribution is 6.30. The van der Waals surface area contributed by atoms with Crippen molar-refractivity contribution in [2.75, 3.05) is 14.2 Å². The molecule has 3 rings (SSSR count). The van der Waals surface area contributed by atoms with Crippen molar-refractivity contribution in [3.05, 3.63) is 64.7 Å². The highest BCUT2D eigenvalue weighted by Crippen LogP contribution is 2.36. The summed E-state index contributed by atoms with van der Waals surface area (Å²) in [4.78, 5) is 29.5. The Hall–Kier alpha value is -2.53. The number of hydrogen-bond acceptors (Lipinski definition) is 3. The molecule has 0 spiro atoms. The Morgan fingerprint density at radius 3 is 2.32 bits per heavy atom. The van der Waals surface area contributed by atoms with E-state index < -0.39 is 12.2 Å². The number of likely N-dealkylation sites (N-methyl/N-ethyl adjacent to an activating group) is 1. The summed E-state index contributed by atoms with van der Waals surface area (Å²) >= 11 is 6.02. The smallest absolute Gasteiger partial charge is 0.247 e. The molecule has 1 saturated heterocycles. The number of methoxy groups -OCH3 is 1. The number of halogens is 1. The molecular weight excluding hydrogens is 376 g/mol. The van der Waals surface area contributed by atoms with E-state index in [9.17, 15) is 9.59 Å². The Labute approximate surface area is 170 Å². The van der Waals surface area contributed by atoms with Gasteiger partial charge in [0.2, 0.25) is 11.8 Å². The van der Waals surface area contributed by atoms with Crippen molar-refractivity contribution < 1.29 is 14.3 Å². The highest BCUT2D eigenvalue weighted by atomic mass is 35.5. The van der Waals surface area contributed by atoms with Crippen LogP contribution < -0.4 is 4.74 Å². The number of rotatable bonds is 6. The quantitative estimate of drug-likeness (QED) is 0.734. The molecule has 2 atom stereocenters. The van der Waals surface area contributed by atoms with Crippen molar-refractivity contribution in [1.82, 2.24) is 9.80 Å². The number of hydrogen-bond donors (Lipinski definition) is 0. The summed E-state index contributed by atoms with van der Waals surface area (Å²) in [5, 5.41) is 0.622. The molecule has 5 nitrogen and oxygen atoms in total. The van der Waals surface area contributed by atoms with E-state index in [-0.39, 0.29) is 11.8 Å². The maximum Gasteiger partial charge on any atom is 0.247 e. The number of amides is 2. The Morgan fingerprint density at radius 1 is 1.11 bits per heavy atom. The van der Waals surface area contributed by atoms with Crippen LogP contribution in [0.3, 0.4) is 0 Å². The van der Waals surface area contributed by atoms with Gasteiger partial charge in [-0.2, -0.15) is 0 Å². The van der Waals surface area contributed by atoms with Crippen molar-refractivity contribution in [2.45, 2.75) is 38.4 Å². The van der Waals surface area contributed by atoms with Gasteiger partial charge in [-0.1, -0.05) is 42.8 Å². The average Bonchev–Trinajstić information content (AvgIpc) is 2.94. The zero-order valence-corrected chi connectivity index (χ0v) is 17.1. The third-order valence-corrected chi connectivity index (χ3v) is 5.36. The van der Waals surface area contributed by atoms with Crippen LogP contribution in [0.1, 0.15) is 37.1 Å². The van der Waals surface area contributed by atoms with E-state index in [1.807, 2.05) is 43.3 Å². The second-order valence-corrected chi connectivity index (χ2v) is 7.43. The Morgan fingerprint density at radius 2 is 1.75 bits per heavy atom. The minimum Gasteiger partial charge on any atom is -0.497 e. The predicted molar refractivity (Wildman–Crippen MR) is 109 cm³/mol. The maximum atomic E-state index is 13.1. The molecule has 0 radical (unpaired) electrons. The van der Waals surface area contributed by atoms with E-state index in [2.05, 4.69) is 0 Å².